The van der Waals surface area contributed by atoms with Gasteiger partial charge >= 0.3 is 0 Å². The first-order valence-electron chi connectivity index (χ1n) is 6.38. The van der Waals surface area contributed by atoms with E-state index in [1.807, 2.05) is 29.1 Å². The van der Waals surface area contributed by atoms with Crippen molar-refractivity contribution in [2.75, 3.05) is 0 Å². The van der Waals surface area contributed by atoms with Crippen molar-refractivity contribution in [3.63, 3.8) is 0 Å². The summed E-state index contributed by atoms with van der Waals surface area (Å²) in [5, 5.41) is 1.15. The third kappa shape index (κ3) is 1.87. The number of benzene rings is 1. The molecule has 0 spiro atoms. The van der Waals surface area contributed by atoms with Crippen LogP contribution in [0.5, 0.6) is 0 Å². The van der Waals surface area contributed by atoms with Gasteiger partial charge in [0.05, 0.1) is 5.03 Å². The van der Waals surface area contributed by atoms with Crippen molar-refractivity contribution < 1.29 is 0 Å². The van der Waals surface area contributed by atoms with Crippen LogP contribution in [0.15, 0.2) is 66.2 Å². The summed E-state index contributed by atoms with van der Waals surface area (Å²) in [4.78, 5) is 8.77. The van der Waals surface area contributed by atoms with Gasteiger partial charge in [0.15, 0.2) is 0 Å². The molecule has 4 rings (SSSR count). The maximum atomic E-state index is 4.41. The second kappa shape index (κ2) is 4.68. The molecule has 3 aromatic heterocycles. The van der Waals surface area contributed by atoms with Crippen molar-refractivity contribution in [2.45, 2.75) is 10.8 Å². The van der Waals surface area contributed by atoms with E-state index >= 15 is 0 Å². The first-order chi connectivity index (χ1) is 9.92. The van der Waals surface area contributed by atoms with Gasteiger partial charge in [0, 0.05) is 36.6 Å². The van der Waals surface area contributed by atoms with Crippen LogP contribution >= 0.6 is 11.8 Å². The molecule has 0 bridgehead atoms. The van der Waals surface area contributed by atoms with E-state index in [0.717, 1.165) is 22.2 Å². The molecule has 0 aliphatic carbocycles. The van der Waals surface area contributed by atoms with E-state index in [1.165, 1.54) is 5.56 Å². The highest BCUT2D eigenvalue weighted by Crippen LogP contribution is 2.25. The molecule has 0 saturated heterocycles. The van der Waals surface area contributed by atoms with E-state index < -0.39 is 0 Å². The molecule has 98 valence electrons. The Kier molecular flexibility index (Phi) is 2.70. The number of rotatable bonds is 3. The van der Waals surface area contributed by atoms with Crippen LogP contribution in [0, 0.1) is 0 Å². The SMILES string of the molecule is c1ccc(CSc2cc3nccn3c3nccn23)cc1. The molecule has 4 nitrogen and oxygen atoms in total. The highest BCUT2D eigenvalue weighted by atomic mass is 32.2. The third-order valence-electron chi connectivity index (χ3n) is 3.23. The zero-order valence-corrected chi connectivity index (χ0v) is 11.5. The Morgan fingerprint density at radius 3 is 2.65 bits per heavy atom. The van der Waals surface area contributed by atoms with Crippen LogP contribution in [0.1, 0.15) is 5.56 Å². The Hall–Kier alpha value is -2.27. The largest absolute Gasteiger partial charge is 0.279 e. The van der Waals surface area contributed by atoms with E-state index in [9.17, 15) is 0 Å². The van der Waals surface area contributed by atoms with Gasteiger partial charge in [0.1, 0.15) is 5.65 Å². The summed E-state index contributed by atoms with van der Waals surface area (Å²) in [7, 11) is 0. The highest BCUT2D eigenvalue weighted by molar-refractivity contribution is 7.98. The number of aromatic nitrogens is 4. The van der Waals surface area contributed by atoms with Crippen molar-refractivity contribution in [2.24, 2.45) is 0 Å². The van der Waals surface area contributed by atoms with Gasteiger partial charge in [-0.15, -0.1) is 11.8 Å². The van der Waals surface area contributed by atoms with Crippen LogP contribution in [0.25, 0.3) is 11.4 Å². The first-order valence-corrected chi connectivity index (χ1v) is 7.36. The number of imidazole rings is 2. The van der Waals surface area contributed by atoms with Gasteiger partial charge in [-0.25, -0.2) is 9.97 Å². The highest BCUT2D eigenvalue weighted by Gasteiger charge is 2.08. The standard InChI is InChI=1S/C15H12N4S/c1-2-4-12(5-3-1)11-20-14-10-13-16-6-8-18(13)15-17-7-9-19(14)15/h1-10H,11H2. The average molecular weight is 280 g/mol. The smallest absolute Gasteiger partial charge is 0.220 e. The number of thioether (sulfide) groups is 1. The average Bonchev–Trinajstić information content (AvgIpc) is 3.13. The van der Waals surface area contributed by atoms with Crippen LogP contribution in [0.2, 0.25) is 0 Å². The molecular weight excluding hydrogens is 268 g/mol. The van der Waals surface area contributed by atoms with Crippen molar-refractivity contribution in [1.82, 2.24) is 18.8 Å². The summed E-state index contributed by atoms with van der Waals surface area (Å²) in [6, 6.07) is 12.6. The van der Waals surface area contributed by atoms with E-state index in [-0.39, 0.29) is 0 Å². The third-order valence-corrected chi connectivity index (χ3v) is 4.31. The fourth-order valence-corrected chi connectivity index (χ4v) is 3.24. The van der Waals surface area contributed by atoms with E-state index in [1.54, 1.807) is 18.0 Å². The van der Waals surface area contributed by atoms with Crippen LogP contribution in [0.4, 0.5) is 0 Å². The summed E-state index contributed by atoms with van der Waals surface area (Å²) >= 11 is 1.80. The number of nitrogens with zero attached hydrogens (tertiary/aromatic N) is 4. The lowest BCUT2D eigenvalue weighted by Crippen LogP contribution is -1.97. The topological polar surface area (TPSA) is 34.6 Å². The predicted molar refractivity (Wildman–Crippen MR) is 79.9 cm³/mol. The number of hydrogen-bond acceptors (Lipinski definition) is 3. The minimum Gasteiger partial charge on any atom is -0.279 e. The van der Waals surface area contributed by atoms with Crippen molar-refractivity contribution in [3.8, 4) is 0 Å². The van der Waals surface area contributed by atoms with Gasteiger partial charge < -0.3 is 0 Å². The molecule has 0 aliphatic rings. The Balaban J connectivity index is 1.76. The molecule has 0 atom stereocenters. The summed E-state index contributed by atoms with van der Waals surface area (Å²) < 4.78 is 4.09. The molecule has 5 heteroatoms. The Labute approximate surface area is 120 Å². The van der Waals surface area contributed by atoms with Gasteiger partial charge in [-0.05, 0) is 5.56 Å². The van der Waals surface area contributed by atoms with Crippen molar-refractivity contribution >= 4 is 23.2 Å². The van der Waals surface area contributed by atoms with Gasteiger partial charge in [0.25, 0.3) is 0 Å². The predicted octanol–water partition coefficient (Wildman–Crippen LogP) is 3.27. The van der Waals surface area contributed by atoms with Crippen LogP contribution < -0.4 is 0 Å². The Bertz CT molecular complexity index is 863. The lowest BCUT2D eigenvalue weighted by atomic mass is 10.2. The van der Waals surface area contributed by atoms with Crippen LogP contribution in [-0.2, 0) is 5.75 Å². The second-order valence-corrected chi connectivity index (χ2v) is 5.51. The van der Waals surface area contributed by atoms with Gasteiger partial charge in [-0.3, -0.25) is 8.80 Å². The lowest BCUT2D eigenvalue weighted by molar-refractivity contribution is 0.961. The fourth-order valence-electron chi connectivity index (χ4n) is 2.26. The molecule has 0 N–H and O–H groups in total. The van der Waals surface area contributed by atoms with E-state index in [4.69, 9.17) is 0 Å². The summed E-state index contributed by atoms with van der Waals surface area (Å²) in [6.07, 6.45) is 7.54. The maximum Gasteiger partial charge on any atom is 0.220 e. The quantitative estimate of drug-likeness (QED) is 0.427. The Morgan fingerprint density at radius 2 is 1.75 bits per heavy atom. The molecule has 0 aliphatic heterocycles. The normalized spacial score (nSPS) is 11.4. The van der Waals surface area contributed by atoms with Gasteiger partial charge in [-0.1, -0.05) is 30.3 Å². The fraction of sp³-hybridized carbons (Fsp3) is 0.0667. The summed E-state index contributed by atoms with van der Waals surface area (Å²) in [5.74, 6) is 1.83. The molecule has 0 fully saturated rings. The van der Waals surface area contributed by atoms with Gasteiger partial charge in [0.2, 0.25) is 5.78 Å². The molecule has 0 unspecified atom stereocenters. The molecule has 20 heavy (non-hydrogen) atoms. The number of fused-ring (bicyclic) bond motifs is 3. The summed E-state index contributed by atoms with van der Waals surface area (Å²) in [6.45, 7) is 0. The lowest BCUT2D eigenvalue weighted by Gasteiger charge is -2.07. The number of hydrogen-bond donors (Lipinski definition) is 0. The molecule has 0 amide bonds. The molecular formula is C15H12N4S. The maximum absolute atomic E-state index is 4.41. The zero-order valence-electron chi connectivity index (χ0n) is 10.7. The Morgan fingerprint density at radius 1 is 0.950 bits per heavy atom. The minimum atomic E-state index is 0.899. The van der Waals surface area contributed by atoms with Crippen molar-refractivity contribution in [3.05, 3.63) is 66.7 Å². The first kappa shape index (κ1) is 11.5. The molecule has 3 heterocycles. The molecule has 4 aromatic rings. The van der Waals surface area contributed by atoms with Crippen LogP contribution in [-0.4, -0.2) is 18.8 Å². The molecule has 0 saturated carbocycles. The van der Waals surface area contributed by atoms with E-state index in [2.05, 4.69) is 44.7 Å². The molecule has 1 aromatic carbocycles. The van der Waals surface area contributed by atoms with Crippen LogP contribution in [0.3, 0.4) is 0 Å². The van der Waals surface area contributed by atoms with E-state index in [0.29, 0.717) is 0 Å². The molecule has 0 radical (unpaired) electrons. The zero-order chi connectivity index (χ0) is 13.4. The second-order valence-electron chi connectivity index (χ2n) is 4.51. The monoisotopic (exact) mass is 280 g/mol. The van der Waals surface area contributed by atoms with Crippen molar-refractivity contribution in [1.29, 1.82) is 0 Å². The van der Waals surface area contributed by atoms with Gasteiger partial charge in [-0.2, -0.15) is 0 Å². The minimum absolute atomic E-state index is 0.899. The summed E-state index contributed by atoms with van der Waals surface area (Å²) in [5.41, 5.74) is 2.24.